The molecule has 33 heavy (non-hydrogen) atoms. The molecule has 0 aliphatic rings. The molecule has 1 rings (SSSR count). The Balaban J connectivity index is 2.00. The molecule has 5 nitrogen and oxygen atoms in total. The summed E-state index contributed by atoms with van der Waals surface area (Å²) in [6, 6.07) is 6.72. The summed E-state index contributed by atoms with van der Waals surface area (Å²) in [5.41, 5.74) is 1.56. The van der Waals surface area contributed by atoms with Gasteiger partial charge in [-0.2, -0.15) is 0 Å². The first-order valence-corrected chi connectivity index (χ1v) is 13.3. The van der Waals surface area contributed by atoms with Gasteiger partial charge in [0.2, 0.25) is 5.91 Å². The van der Waals surface area contributed by atoms with Crippen LogP contribution in [0.2, 0.25) is 0 Å². The first-order chi connectivity index (χ1) is 16.0. The van der Waals surface area contributed by atoms with Gasteiger partial charge in [-0.05, 0) is 37.6 Å². The maximum atomic E-state index is 12.2. The van der Waals surface area contributed by atoms with E-state index in [0.29, 0.717) is 6.42 Å². The Bertz CT molecular complexity index is 645. The predicted molar refractivity (Wildman–Crippen MR) is 140 cm³/mol. The molecule has 0 aliphatic heterocycles. The number of hydrogen-bond donors (Lipinski definition) is 2. The van der Waals surface area contributed by atoms with Crippen LogP contribution in [0.4, 0.5) is 11.4 Å². The molecule has 5 heteroatoms. The van der Waals surface area contributed by atoms with Crippen LogP contribution in [-0.2, 0) is 9.59 Å². The van der Waals surface area contributed by atoms with E-state index in [4.69, 9.17) is 5.11 Å². The van der Waals surface area contributed by atoms with E-state index in [0.717, 1.165) is 24.2 Å². The van der Waals surface area contributed by atoms with Crippen LogP contribution in [0.1, 0.15) is 117 Å². The van der Waals surface area contributed by atoms with Gasteiger partial charge in [-0.25, -0.2) is 4.79 Å². The van der Waals surface area contributed by atoms with Crippen molar-refractivity contribution in [3.63, 3.8) is 0 Å². The van der Waals surface area contributed by atoms with Crippen LogP contribution in [0.15, 0.2) is 24.3 Å². The van der Waals surface area contributed by atoms with Crippen molar-refractivity contribution in [3.05, 3.63) is 24.3 Å². The SMILES string of the molecule is CCCCCCCCCCCCCCCCCC(=O)Nc1ccc(N(C)C(C)C(=O)O)cc1. The topological polar surface area (TPSA) is 69.6 Å². The second kappa shape index (κ2) is 18.4. The number of nitrogens with zero attached hydrogens (tertiary/aromatic N) is 1. The van der Waals surface area contributed by atoms with Crippen LogP contribution in [0.5, 0.6) is 0 Å². The molecule has 1 atom stereocenters. The highest BCUT2D eigenvalue weighted by molar-refractivity contribution is 5.90. The number of carbonyl (C=O) groups excluding carboxylic acids is 1. The van der Waals surface area contributed by atoms with Crippen molar-refractivity contribution < 1.29 is 14.7 Å². The maximum absolute atomic E-state index is 12.2. The quantitative estimate of drug-likeness (QED) is 0.195. The Hall–Kier alpha value is -2.04. The number of carboxylic acid groups (broad SMARTS) is 1. The van der Waals surface area contributed by atoms with Gasteiger partial charge in [0.1, 0.15) is 6.04 Å². The number of hydrogen-bond acceptors (Lipinski definition) is 3. The highest BCUT2D eigenvalue weighted by atomic mass is 16.4. The molecule has 1 amide bonds. The smallest absolute Gasteiger partial charge is 0.326 e. The lowest BCUT2D eigenvalue weighted by Crippen LogP contribution is -2.35. The second-order valence-electron chi connectivity index (χ2n) is 9.42. The molecule has 188 valence electrons. The summed E-state index contributed by atoms with van der Waals surface area (Å²) < 4.78 is 0. The fraction of sp³-hybridized carbons (Fsp3) is 0.714. The van der Waals surface area contributed by atoms with Crippen molar-refractivity contribution in [3.8, 4) is 0 Å². The number of carbonyl (C=O) groups is 2. The minimum Gasteiger partial charge on any atom is -0.480 e. The van der Waals surface area contributed by atoms with Crippen LogP contribution in [-0.4, -0.2) is 30.1 Å². The monoisotopic (exact) mass is 460 g/mol. The first-order valence-electron chi connectivity index (χ1n) is 13.3. The molecule has 0 fully saturated rings. The number of nitrogens with one attached hydrogen (secondary N) is 1. The van der Waals surface area contributed by atoms with Crippen molar-refractivity contribution in [2.24, 2.45) is 0 Å². The van der Waals surface area contributed by atoms with E-state index < -0.39 is 12.0 Å². The van der Waals surface area contributed by atoms with Crippen LogP contribution >= 0.6 is 0 Å². The Labute approximate surface area is 202 Å². The Morgan fingerprint density at radius 3 is 1.64 bits per heavy atom. The summed E-state index contributed by atoms with van der Waals surface area (Å²) in [7, 11) is 1.75. The second-order valence-corrected chi connectivity index (χ2v) is 9.42. The fourth-order valence-electron chi connectivity index (χ4n) is 4.05. The largest absolute Gasteiger partial charge is 0.480 e. The van der Waals surface area contributed by atoms with Crippen molar-refractivity contribution in [1.82, 2.24) is 0 Å². The zero-order valence-corrected chi connectivity index (χ0v) is 21.4. The molecule has 1 aromatic rings. The van der Waals surface area contributed by atoms with E-state index in [9.17, 15) is 9.59 Å². The van der Waals surface area contributed by atoms with Crippen molar-refractivity contribution in [2.45, 2.75) is 123 Å². The van der Waals surface area contributed by atoms with Crippen LogP contribution in [0.3, 0.4) is 0 Å². The van der Waals surface area contributed by atoms with E-state index in [2.05, 4.69) is 12.2 Å². The molecule has 1 aromatic carbocycles. The first kappa shape index (κ1) is 29.0. The number of amides is 1. The van der Waals surface area contributed by atoms with Gasteiger partial charge in [-0.1, -0.05) is 96.8 Å². The number of rotatable bonds is 20. The summed E-state index contributed by atoms with van der Waals surface area (Å²) in [4.78, 5) is 25.0. The molecule has 2 N–H and O–H groups in total. The van der Waals surface area contributed by atoms with Crippen molar-refractivity contribution in [1.29, 1.82) is 0 Å². The van der Waals surface area contributed by atoms with Crippen LogP contribution in [0.25, 0.3) is 0 Å². The minimum absolute atomic E-state index is 0.0460. The Morgan fingerprint density at radius 1 is 0.788 bits per heavy atom. The molecular formula is C28H48N2O3. The van der Waals surface area contributed by atoms with Crippen LogP contribution in [0, 0.1) is 0 Å². The molecule has 0 aromatic heterocycles. The van der Waals surface area contributed by atoms with Gasteiger partial charge in [-0.3, -0.25) is 4.79 Å². The average molecular weight is 461 g/mol. The molecular weight excluding hydrogens is 412 g/mol. The van der Waals surface area contributed by atoms with E-state index in [1.807, 2.05) is 24.3 Å². The zero-order valence-electron chi connectivity index (χ0n) is 21.4. The lowest BCUT2D eigenvalue weighted by molar-refractivity contribution is -0.138. The van der Waals surface area contributed by atoms with Gasteiger partial charge in [-0.15, -0.1) is 0 Å². The third kappa shape index (κ3) is 14.0. The van der Waals surface area contributed by atoms with Gasteiger partial charge >= 0.3 is 5.97 Å². The summed E-state index contributed by atoms with van der Waals surface area (Å²) in [5, 5.41) is 12.1. The molecule has 0 saturated carbocycles. The third-order valence-electron chi connectivity index (χ3n) is 6.50. The van der Waals surface area contributed by atoms with Gasteiger partial charge in [0.15, 0.2) is 0 Å². The van der Waals surface area contributed by atoms with Gasteiger partial charge in [0.05, 0.1) is 0 Å². The van der Waals surface area contributed by atoms with E-state index in [-0.39, 0.29) is 5.91 Å². The number of aliphatic carboxylic acids is 1. The Morgan fingerprint density at radius 2 is 1.21 bits per heavy atom. The molecule has 0 saturated heterocycles. The number of benzene rings is 1. The van der Waals surface area contributed by atoms with Crippen molar-refractivity contribution >= 4 is 23.3 Å². The van der Waals surface area contributed by atoms with Gasteiger partial charge in [0, 0.05) is 24.8 Å². The summed E-state index contributed by atoms with van der Waals surface area (Å²) in [6.45, 7) is 3.92. The number of anilines is 2. The standard InChI is InChI=1S/C28H48N2O3/c1-4-5-6-7-8-9-10-11-12-13-14-15-16-17-18-19-27(31)29-25-20-22-26(23-21-25)30(3)24(2)28(32)33/h20-24H,4-19H2,1-3H3,(H,29,31)(H,32,33). The minimum atomic E-state index is -0.863. The number of likely N-dealkylation sites (N-methyl/N-ethyl adjacent to an activating group) is 1. The lowest BCUT2D eigenvalue weighted by Gasteiger charge is -2.23. The predicted octanol–water partition coefficient (Wildman–Crippen LogP) is 7.80. The average Bonchev–Trinajstić information content (AvgIpc) is 2.81. The van der Waals surface area contributed by atoms with E-state index in [1.165, 1.54) is 83.5 Å². The summed E-state index contributed by atoms with van der Waals surface area (Å²) in [5.74, 6) is -0.817. The highest BCUT2D eigenvalue weighted by Crippen LogP contribution is 2.19. The number of carboxylic acids is 1. The lowest BCUT2D eigenvalue weighted by atomic mass is 10.0. The molecule has 0 aliphatic carbocycles. The van der Waals surface area contributed by atoms with Crippen molar-refractivity contribution in [2.75, 3.05) is 17.3 Å². The summed E-state index contributed by atoms with van der Waals surface area (Å²) >= 11 is 0. The zero-order chi connectivity index (χ0) is 24.3. The molecule has 1 unspecified atom stereocenters. The normalized spacial score (nSPS) is 11.8. The summed E-state index contributed by atoms with van der Waals surface area (Å²) in [6.07, 6.45) is 20.3. The van der Waals surface area contributed by atoms with Crippen LogP contribution < -0.4 is 10.2 Å². The maximum Gasteiger partial charge on any atom is 0.326 e. The van der Waals surface area contributed by atoms with E-state index in [1.54, 1.807) is 18.9 Å². The molecule has 0 radical (unpaired) electrons. The van der Waals surface area contributed by atoms with Gasteiger partial charge < -0.3 is 15.3 Å². The molecule has 0 spiro atoms. The Kier molecular flexibility index (Phi) is 16.2. The molecule has 0 heterocycles. The third-order valence-corrected chi connectivity index (χ3v) is 6.50. The molecule has 0 bridgehead atoms. The van der Waals surface area contributed by atoms with Gasteiger partial charge in [0.25, 0.3) is 0 Å². The fourth-order valence-corrected chi connectivity index (χ4v) is 4.05. The number of unbranched alkanes of at least 4 members (excludes halogenated alkanes) is 14. The highest BCUT2D eigenvalue weighted by Gasteiger charge is 2.17. The van der Waals surface area contributed by atoms with E-state index >= 15 is 0 Å².